The zero-order chi connectivity index (χ0) is 12.6. The van der Waals surface area contributed by atoms with Crippen LogP contribution in [0.4, 0.5) is 13.2 Å². The highest BCUT2D eigenvalue weighted by atomic mass is 19.4. The molecule has 2 N–H and O–H groups in total. The minimum Gasteiger partial charge on any atom is -0.478 e. The number of carboxylic acids is 1. The Kier molecular flexibility index (Phi) is 2.41. The average Bonchev–Trinajstić information content (AvgIpc) is 2.57. The van der Waals surface area contributed by atoms with Crippen molar-refractivity contribution in [2.45, 2.75) is 6.36 Å². The molecule has 0 unspecified atom stereocenters. The van der Waals surface area contributed by atoms with Crippen molar-refractivity contribution in [2.75, 3.05) is 0 Å². The summed E-state index contributed by atoms with van der Waals surface area (Å²) in [7, 11) is 0. The molecule has 2 rings (SSSR count). The van der Waals surface area contributed by atoms with Gasteiger partial charge in [0.15, 0.2) is 0 Å². The number of carboxylic acid groups (broad SMARTS) is 1. The molecule has 8 heteroatoms. The van der Waals surface area contributed by atoms with E-state index in [1.807, 2.05) is 0 Å². The van der Waals surface area contributed by atoms with Crippen molar-refractivity contribution in [1.29, 1.82) is 0 Å². The van der Waals surface area contributed by atoms with Crippen molar-refractivity contribution in [2.24, 2.45) is 0 Å². The van der Waals surface area contributed by atoms with Gasteiger partial charge in [-0.3, -0.25) is 0 Å². The predicted molar refractivity (Wildman–Crippen MR) is 49.7 cm³/mol. The Morgan fingerprint density at radius 2 is 2.18 bits per heavy atom. The molecule has 0 atom stereocenters. The summed E-state index contributed by atoms with van der Waals surface area (Å²) in [5.41, 5.74) is 0.141. The summed E-state index contributed by atoms with van der Waals surface area (Å²) < 4.78 is 39.3. The molecule has 90 valence electrons. The van der Waals surface area contributed by atoms with Gasteiger partial charge in [0, 0.05) is 23.8 Å². The number of aromatic nitrogens is 2. The number of aromatic carboxylic acids is 1. The highest BCUT2D eigenvalue weighted by molar-refractivity contribution is 6.02. The minimum absolute atomic E-state index is 0.0638. The smallest absolute Gasteiger partial charge is 0.478 e. The Bertz CT molecular complexity index is 576. The van der Waals surface area contributed by atoms with E-state index in [-0.39, 0.29) is 16.5 Å². The number of carbonyl (C=O) groups is 1. The molecule has 0 saturated carbocycles. The molecular formula is C9H5F3N2O3. The lowest BCUT2D eigenvalue weighted by atomic mass is 10.2. The Hall–Kier alpha value is -2.25. The quantitative estimate of drug-likeness (QED) is 0.851. The van der Waals surface area contributed by atoms with Crippen LogP contribution in [0.3, 0.4) is 0 Å². The minimum atomic E-state index is -4.83. The molecule has 5 nitrogen and oxygen atoms in total. The Morgan fingerprint density at radius 1 is 1.47 bits per heavy atom. The van der Waals surface area contributed by atoms with E-state index in [1.165, 1.54) is 6.20 Å². The fourth-order valence-electron chi connectivity index (χ4n) is 1.35. The second-order valence-electron chi connectivity index (χ2n) is 3.12. The van der Waals surface area contributed by atoms with E-state index in [0.717, 1.165) is 12.3 Å². The Balaban J connectivity index is 2.43. The number of rotatable bonds is 2. The third-order valence-corrected chi connectivity index (χ3v) is 1.99. The van der Waals surface area contributed by atoms with Gasteiger partial charge in [0.1, 0.15) is 0 Å². The van der Waals surface area contributed by atoms with Gasteiger partial charge in [0.25, 0.3) is 0 Å². The van der Waals surface area contributed by atoms with E-state index in [9.17, 15) is 18.0 Å². The van der Waals surface area contributed by atoms with Gasteiger partial charge in [-0.15, -0.1) is 13.2 Å². The number of hydrogen-bond acceptors (Lipinski definition) is 3. The highest BCUT2D eigenvalue weighted by Gasteiger charge is 2.32. The lowest BCUT2D eigenvalue weighted by Crippen LogP contribution is -2.17. The first kappa shape index (κ1) is 11.2. The number of aromatic amines is 1. The third-order valence-electron chi connectivity index (χ3n) is 1.99. The fraction of sp³-hybridized carbons (Fsp3) is 0.111. The van der Waals surface area contributed by atoms with Gasteiger partial charge < -0.3 is 14.8 Å². The summed E-state index contributed by atoms with van der Waals surface area (Å²) in [6.45, 7) is 0. The maximum atomic E-state index is 11.9. The largest absolute Gasteiger partial charge is 0.574 e. The van der Waals surface area contributed by atoms with Crippen LogP contribution in [0.2, 0.25) is 0 Å². The molecule has 0 saturated heterocycles. The zero-order valence-electron chi connectivity index (χ0n) is 8.08. The molecule has 0 spiro atoms. The summed E-state index contributed by atoms with van der Waals surface area (Å²) >= 11 is 0. The van der Waals surface area contributed by atoms with Crippen LogP contribution in [-0.4, -0.2) is 27.4 Å². The molecule has 0 fully saturated rings. The van der Waals surface area contributed by atoms with Crippen LogP contribution in [0, 0.1) is 0 Å². The van der Waals surface area contributed by atoms with Gasteiger partial charge in [-0.25, -0.2) is 9.78 Å². The first-order valence-corrected chi connectivity index (χ1v) is 4.33. The van der Waals surface area contributed by atoms with Crippen LogP contribution in [0.15, 0.2) is 18.5 Å². The van der Waals surface area contributed by atoms with Crippen LogP contribution in [0.25, 0.3) is 10.9 Å². The molecule has 0 bridgehead atoms. The first-order valence-electron chi connectivity index (χ1n) is 4.33. The maximum Gasteiger partial charge on any atom is 0.574 e. The van der Waals surface area contributed by atoms with Crippen LogP contribution < -0.4 is 4.74 Å². The van der Waals surface area contributed by atoms with E-state index in [2.05, 4.69) is 14.7 Å². The van der Waals surface area contributed by atoms with Gasteiger partial charge in [0.2, 0.25) is 5.88 Å². The number of alkyl halides is 3. The summed E-state index contributed by atoms with van der Waals surface area (Å²) in [5, 5.41) is 8.98. The topological polar surface area (TPSA) is 75.2 Å². The van der Waals surface area contributed by atoms with Gasteiger partial charge >= 0.3 is 12.3 Å². The summed E-state index contributed by atoms with van der Waals surface area (Å²) in [4.78, 5) is 16.6. The van der Waals surface area contributed by atoms with E-state index >= 15 is 0 Å². The summed E-state index contributed by atoms with van der Waals surface area (Å²) in [6.07, 6.45) is -2.65. The number of ether oxygens (including phenoxy) is 1. The van der Waals surface area contributed by atoms with Crippen molar-refractivity contribution in [1.82, 2.24) is 9.97 Å². The highest BCUT2D eigenvalue weighted by Crippen LogP contribution is 2.25. The lowest BCUT2D eigenvalue weighted by molar-refractivity contribution is -0.276. The normalized spacial score (nSPS) is 11.7. The first-order chi connectivity index (χ1) is 7.87. The lowest BCUT2D eigenvalue weighted by Gasteiger charge is -2.07. The van der Waals surface area contributed by atoms with E-state index in [0.29, 0.717) is 0 Å². The van der Waals surface area contributed by atoms with Crippen LogP contribution in [-0.2, 0) is 0 Å². The van der Waals surface area contributed by atoms with Crippen molar-refractivity contribution < 1.29 is 27.8 Å². The van der Waals surface area contributed by atoms with Gasteiger partial charge in [-0.2, -0.15) is 0 Å². The van der Waals surface area contributed by atoms with Gasteiger partial charge in [0.05, 0.1) is 11.1 Å². The SMILES string of the molecule is O=C(O)c1c[nH]c2cc(OC(F)(F)F)ncc12. The standard InChI is InChI=1S/C9H5F3N2O3/c10-9(11,12)17-7-1-6-4(2-14-7)5(3-13-6)8(15)16/h1-3,13H,(H,15,16). The molecule has 0 aliphatic carbocycles. The fourth-order valence-corrected chi connectivity index (χ4v) is 1.35. The molecule has 0 aliphatic rings. The molecule has 2 aromatic heterocycles. The third kappa shape index (κ3) is 2.30. The number of fused-ring (bicyclic) bond motifs is 1. The second-order valence-corrected chi connectivity index (χ2v) is 3.12. The molecule has 0 aliphatic heterocycles. The van der Waals surface area contributed by atoms with Gasteiger partial charge in [-0.05, 0) is 0 Å². The van der Waals surface area contributed by atoms with Crippen LogP contribution in [0.1, 0.15) is 10.4 Å². The molecular weight excluding hydrogens is 241 g/mol. The van der Waals surface area contributed by atoms with E-state index in [4.69, 9.17) is 5.11 Å². The average molecular weight is 246 g/mol. The van der Waals surface area contributed by atoms with Crippen molar-refractivity contribution >= 4 is 16.9 Å². The van der Waals surface area contributed by atoms with E-state index < -0.39 is 18.2 Å². The monoisotopic (exact) mass is 246 g/mol. The number of H-pyrrole nitrogens is 1. The van der Waals surface area contributed by atoms with Crippen molar-refractivity contribution in [3.05, 3.63) is 24.0 Å². The van der Waals surface area contributed by atoms with Crippen molar-refractivity contribution in [3.8, 4) is 5.88 Å². The Morgan fingerprint density at radius 3 is 2.76 bits per heavy atom. The van der Waals surface area contributed by atoms with Gasteiger partial charge in [-0.1, -0.05) is 0 Å². The molecule has 0 radical (unpaired) electrons. The maximum absolute atomic E-state index is 11.9. The molecule has 0 aromatic carbocycles. The second kappa shape index (κ2) is 3.65. The van der Waals surface area contributed by atoms with Crippen LogP contribution in [0.5, 0.6) is 5.88 Å². The Labute approximate surface area is 91.8 Å². The van der Waals surface area contributed by atoms with E-state index in [1.54, 1.807) is 0 Å². The summed E-state index contributed by atoms with van der Waals surface area (Å²) in [6, 6.07) is 0.981. The molecule has 2 heterocycles. The molecule has 2 aromatic rings. The number of nitrogens with one attached hydrogen (secondary N) is 1. The van der Waals surface area contributed by atoms with Crippen molar-refractivity contribution in [3.63, 3.8) is 0 Å². The molecule has 17 heavy (non-hydrogen) atoms. The van der Waals surface area contributed by atoms with Crippen LogP contribution >= 0.6 is 0 Å². The number of halogens is 3. The summed E-state index contributed by atoms with van der Waals surface area (Å²) in [5.74, 6) is -1.84. The number of pyridine rings is 1. The number of hydrogen-bond donors (Lipinski definition) is 2. The number of nitrogens with zero attached hydrogens (tertiary/aromatic N) is 1. The predicted octanol–water partition coefficient (Wildman–Crippen LogP) is 2.16. The molecule has 0 amide bonds. The zero-order valence-corrected chi connectivity index (χ0v) is 8.08.